The van der Waals surface area contributed by atoms with Gasteiger partial charge in [-0.25, -0.2) is 0 Å². The molecule has 0 aromatic rings. The van der Waals surface area contributed by atoms with E-state index in [1.54, 1.807) is 0 Å². The molecule has 3 rings (SSSR count). The molecule has 0 N–H and O–H groups in total. The van der Waals surface area contributed by atoms with E-state index in [0.717, 1.165) is 6.42 Å². The van der Waals surface area contributed by atoms with Crippen molar-refractivity contribution in [2.24, 2.45) is 28.6 Å². The maximum atomic E-state index is 12.8. The highest BCUT2D eigenvalue weighted by atomic mass is 16.6. The van der Waals surface area contributed by atoms with Gasteiger partial charge in [-0.05, 0) is 32.6 Å². The molecule has 0 radical (unpaired) electrons. The van der Waals surface area contributed by atoms with E-state index in [0.29, 0.717) is 6.42 Å². The van der Waals surface area contributed by atoms with Gasteiger partial charge in [0.05, 0.1) is 11.5 Å². The maximum Gasteiger partial charge on any atom is 0.327 e. The molecule has 2 aliphatic carbocycles. The van der Waals surface area contributed by atoms with Crippen molar-refractivity contribution in [1.82, 2.24) is 0 Å². The standard InChI is InChI=1S/C18H23NO4/c1-5-6-17(4,10(2)3)15(20)22-13-11-7-12-14(13)23-16(21)18(12,8-11)9-19/h5-6,10-14H,7-8H2,1-4H3/b6-5-. The zero-order valence-corrected chi connectivity index (χ0v) is 14.0. The Bertz CT molecular complexity index is 619. The largest absolute Gasteiger partial charge is 0.457 e. The number of rotatable bonds is 4. The van der Waals surface area contributed by atoms with Crippen LogP contribution in [0.5, 0.6) is 0 Å². The van der Waals surface area contributed by atoms with E-state index >= 15 is 0 Å². The average Bonchev–Trinajstić information content (AvgIpc) is 3.09. The molecule has 0 spiro atoms. The van der Waals surface area contributed by atoms with E-state index in [1.807, 2.05) is 39.8 Å². The van der Waals surface area contributed by atoms with E-state index in [-0.39, 0.29) is 23.7 Å². The lowest BCUT2D eigenvalue weighted by Gasteiger charge is -2.33. The first-order chi connectivity index (χ1) is 10.8. The van der Waals surface area contributed by atoms with Crippen molar-refractivity contribution >= 4 is 11.9 Å². The Morgan fingerprint density at radius 2 is 2.26 bits per heavy atom. The second-order valence-corrected chi connectivity index (χ2v) is 7.57. The third-order valence-electron chi connectivity index (χ3n) is 6.16. The van der Waals surface area contributed by atoms with Gasteiger partial charge < -0.3 is 9.47 Å². The van der Waals surface area contributed by atoms with Crippen LogP contribution in [-0.2, 0) is 19.1 Å². The number of allylic oxidation sites excluding steroid dienone is 1. The summed E-state index contributed by atoms with van der Waals surface area (Å²) in [6.45, 7) is 7.72. The fourth-order valence-electron chi connectivity index (χ4n) is 4.38. The highest BCUT2D eigenvalue weighted by molar-refractivity contribution is 5.85. The van der Waals surface area contributed by atoms with Gasteiger partial charge in [0.1, 0.15) is 12.2 Å². The van der Waals surface area contributed by atoms with E-state index < -0.39 is 29.0 Å². The van der Waals surface area contributed by atoms with E-state index in [1.165, 1.54) is 0 Å². The molecule has 0 amide bonds. The number of carbonyl (C=O) groups is 2. The Morgan fingerprint density at radius 1 is 1.57 bits per heavy atom. The average molecular weight is 317 g/mol. The van der Waals surface area contributed by atoms with Crippen LogP contribution in [0.25, 0.3) is 0 Å². The molecule has 1 aliphatic heterocycles. The van der Waals surface area contributed by atoms with Gasteiger partial charge in [-0.15, -0.1) is 0 Å². The number of fused-ring (bicyclic) bond motifs is 1. The van der Waals surface area contributed by atoms with Crippen molar-refractivity contribution in [3.8, 4) is 6.07 Å². The molecule has 6 unspecified atom stereocenters. The molecule has 5 nitrogen and oxygen atoms in total. The fraction of sp³-hybridized carbons (Fsp3) is 0.722. The SMILES string of the molecule is C/C=C\C(C)(C(=O)OC1C2CC3C1OC(=O)C3(C#N)C2)C(C)C. The second kappa shape index (κ2) is 5.09. The number of nitriles is 1. The van der Waals surface area contributed by atoms with Gasteiger partial charge in [-0.3, -0.25) is 9.59 Å². The van der Waals surface area contributed by atoms with E-state index in [4.69, 9.17) is 9.47 Å². The topological polar surface area (TPSA) is 76.4 Å². The van der Waals surface area contributed by atoms with Crippen LogP contribution in [0.2, 0.25) is 0 Å². The first-order valence-electron chi connectivity index (χ1n) is 8.27. The summed E-state index contributed by atoms with van der Waals surface area (Å²) in [5.74, 6) is -0.712. The smallest absolute Gasteiger partial charge is 0.327 e. The van der Waals surface area contributed by atoms with Crippen LogP contribution in [0, 0.1) is 39.9 Å². The third-order valence-corrected chi connectivity index (χ3v) is 6.16. The first-order valence-corrected chi connectivity index (χ1v) is 8.27. The predicted octanol–water partition coefficient (Wildman–Crippen LogP) is 2.61. The van der Waals surface area contributed by atoms with Gasteiger partial charge in [-0.2, -0.15) is 5.26 Å². The number of hydrogen-bond donors (Lipinski definition) is 0. The third kappa shape index (κ3) is 1.97. The van der Waals surface area contributed by atoms with E-state index in [2.05, 4.69) is 6.07 Å². The van der Waals surface area contributed by atoms with Gasteiger partial charge >= 0.3 is 11.9 Å². The van der Waals surface area contributed by atoms with Crippen molar-refractivity contribution < 1.29 is 19.1 Å². The minimum Gasteiger partial charge on any atom is -0.457 e. The van der Waals surface area contributed by atoms with Crippen molar-refractivity contribution in [3.05, 3.63) is 12.2 Å². The molecular weight excluding hydrogens is 294 g/mol. The molecule has 3 fully saturated rings. The van der Waals surface area contributed by atoms with Crippen LogP contribution in [0.4, 0.5) is 0 Å². The highest BCUT2D eigenvalue weighted by Crippen LogP contribution is 2.62. The predicted molar refractivity (Wildman–Crippen MR) is 81.8 cm³/mol. The first kappa shape index (κ1) is 16.0. The minimum atomic E-state index is -0.997. The van der Waals surface area contributed by atoms with Gasteiger partial charge in [0.25, 0.3) is 0 Å². The molecule has 124 valence electrons. The van der Waals surface area contributed by atoms with Crippen molar-refractivity contribution in [2.75, 3.05) is 0 Å². The Kier molecular flexibility index (Phi) is 3.55. The molecule has 2 saturated carbocycles. The molecule has 23 heavy (non-hydrogen) atoms. The summed E-state index contributed by atoms with van der Waals surface area (Å²) >= 11 is 0. The maximum absolute atomic E-state index is 12.8. The van der Waals surface area contributed by atoms with Crippen LogP contribution in [0.3, 0.4) is 0 Å². The lowest BCUT2D eigenvalue weighted by Crippen LogP contribution is -2.43. The Hall–Kier alpha value is -1.83. The molecule has 6 atom stereocenters. The number of hydrogen-bond acceptors (Lipinski definition) is 5. The molecule has 0 aromatic heterocycles. The Balaban J connectivity index is 1.81. The van der Waals surface area contributed by atoms with Crippen LogP contribution in [0.15, 0.2) is 12.2 Å². The molecule has 1 heterocycles. The van der Waals surface area contributed by atoms with Gasteiger partial charge in [-0.1, -0.05) is 26.0 Å². The second-order valence-electron chi connectivity index (χ2n) is 7.57. The van der Waals surface area contributed by atoms with Gasteiger partial charge in [0.15, 0.2) is 5.41 Å². The monoisotopic (exact) mass is 317 g/mol. The van der Waals surface area contributed by atoms with Crippen LogP contribution < -0.4 is 0 Å². The lowest BCUT2D eigenvalue weighted by molar-refractivity contribution is -0.170. The van der Waals surface area contributed by atoms with Crippen molar-refractivity contribution in [3.63, 3.8) is 0 Å². The van der Waals surface area contributed by atoms with Gasteiger partial charge in [0.2, 0.25) is 0 Å². The molecule has 1 saturated heterocycles. The fourth-order valence-corrected chi connectivity index (χ4v) is 4.38. The molecular formula is C18H23NO4. The molecule has 3 aliphatic rings. The quantitative estimate of drug-likeness (QED) is 0.588. The summed E-state index contributed by atoms with van der Waals surface area (Å²) in [6.07, 6.45) is 4.04. The number of esters is 2. The Morgan fingerprint density at radius 3 is 2.83 bits per heavy atom. The van der Waals surface area contributed by atoms with Crippen LogP contribution in [0.1, 0.15) is 40.5 Å². The molecule has 0 aromatic carbocycles. The number of ether oxygens (including phenoxy) is 2. The summed E-state index contributed by atoms with van der Waals surface area (Å²) in [5, 5.41) is 9.41. The van der Waals surface area contributed by atoms with Gasteiger partial charge in [0, 0.05) is 11.8 Å². The summed E-state index contributed by atoms with van der Waals surface area (Å²) < 4.78 is 11.2. The summed E-state index contributed by atoms with van der Waals surface area (Å²) in [5.41, 5.74) is -1.70. The van der Waals surface area contributed by atoms with Crippen LogP contribution >= 0.6 is 0 Å². The van der Waals surface area contributed by atoms with E-state index in [9.17, 15) is 14.9 Å². The highest BCUT2D eigenvalue weighted by Gasteiger charge is 2.72. The summed E-state index contributed by atoms with van der Waals surface area (Å²) in [4.78, 5) is 24.8. The number of carbonyl (C=O) groups excluding carboxylic acids is 2. The number of nitrogens with zero attached hydrogens (tertiary/aromatic N) is 1. The zero-order chi connectivity index (χ0) is 17.0. The lowest BCUT2D eigenvalue weighted by atomic mass is 9.74. The Labute approximate surface area is 136 Å². The molecule has 5 heteroatoms. The summed E-state index contributed by atoms with van der Waals surface area (Å²) in [7, 11) is 0. The van der Waals surface area contributed by atoms with Crippen molar-refractivity contribution in [2.45, 2.75) is 52.7 Å². The summed E-state index contributed by atoms with van der Waals surface area (Å²) in [6, 6.07) is 2.17. The zero-order valence-electron chi connectivity index (χ0n) is 14.0. The normalized spacial score (nSPS) is 40.3. The molecule has 2 bridgehead atoms. The van der Waals surface area contributed by atoms with Crippen molar-refractivity contribution in [1.29, 1.82) is 5.26 Å². The minimum absolute atomic E-state index is 0.0436. The van der Waals surface area contributed by atoms with Crippen LogP contribution in [-0.4, -0.2) is 24.1 Å².